The molecule has 1 fully saturated rings. The third kappa shape index (κ3) is 7.68. The molecule has 2 heterocycles. The Hall–Kier alpha value is -3.59. The number of furan rings is 1. The first-order valence-electron chi connectivity index (χ1n) is 14.7. The first-order chi connectivity index (χ1) is 21.1. The van der Waals surface area contributed by atoms with Crippen molar-refractivity contribution in [3.63, 3.8) is 0 Å². The fourth-order valence-corrected chi connectivity index (χ4v) is 5.51. The zero-order valence-corrected chi connectivity index (χ0v) is 26.0. The van der Waals surface area contributed by atoms with Crippen molar-refractivity contribution in [2.24, 2.45) is 0 Å². The summed E-state index contributed by atoms with van der Waals surface area (Å²) >= 11 is 11.0. The van der Waals surface area contributed by atoms with E-state index in [-0.39, 0.29) is 12.4 Å². The smallest absolute Gasteiger partial charge is 0.141 e. The van der Waals surface area contributed by atoms with Crippen molar-refractivity contribution in [3.8, 4) is 17.1 Å². The van der Waals surface area contributed by atoms with Crippen molar-refractivity contribution in [1.29, 1.82) is 0 Å². The highest BCUT2D eigenvalue weighted by atomic mass is 35.5. The summed E-state index contributed by atoms with van der Waals surface area (Å²) in [4.78, 5) is 11.4. The molecule has 0 saturated heterocycles. The number of nitrogens with one attached hydrogen (secondary N) is 1. The van der Waals surface area contributed by atoms with Crippen LogP contribution >= 0.6 is 24.2 Å². The standard InChI is InChI=1S/C32H30ClFN4O2S.C2H6/c33-28-17-24(8-11-31(28)39-19-21-3-1-4-23(34)15-21)37-32-27-16-22(7-10-29(27)35-20-36-32)30-12-9-26(40-30)18-38(13-14-41)25-5-2-6-25;1-2/h1,3-4,7-12,15-17,20,25,41H,2,5-6,13-14,18-19H2,(H,35,36,37);1-2H3. The molecule has 3 aromatic carbocycles. The molecule has 0 unspecified atom stereocenters. The van der Waals surface area contributed by atoms with Gasteiger partial charge in [0.1, 0.15) is 41.8 Å². The molecule has 43 heavy (non-hydrogen) atoms. The second-order valence-corrected chi connectivity index (χ2v) is 11.0. The number of anilines is 2. The number of hydrogen-bond donors (Lipinski definition) is 2. The van der Waals surface area contributed by atoms with Gasteiger partial charge in [-0.3, -0.25) is 4.90 Å². The third-order valence-electron chi connectivity index (χ3n) is 7.40. The van der Waals surface area contributed by atoms with Gasteiger partial charge in [-0.25, -0.2) is 14.4 Å². The Morgan fingerprint density at radius 1 is 1.05 bits per heavy atom. The molecule has 0 amide bonds. The number of fused-ring (bicyclic) bond motifs is 1. The summed E-state index contributed by atoms with van der Waals surface area (Å²) in [6.07, 6.45) is 5.33. The number of benzene rings is 3. The lowest BCUT2D eigenvalue weighted by atomic mass is 9.91. The van der Waals surface area contributed by atoms with Crippen molar-refractivity contribution in [1.82, 2.24) is 14.9 Å². The van der Waals surface area contributed by atoms with E-state index < -0.39 is 0 Å². The Balaban J connectivity index is 0.00000180. The molecule has 6 nitrogen and oxygen atoms in total. The molecule has 2 aromatic heterocycles. The van der Waals surface area contributed by atoms with Crippen molar-refractivity contribution in [2.75, 3.05) is 17.6 Å². The van der Waals surface area contributed by atoms with Gasteiger partial charge in [-0.05, 0) is 79.1 Å². The average molecular weight is 619 g/mol. The summed E-state index contributed by atoms with van der Waals surface area (Å²) in [5, 5.41) is 4.65. The predicted octanol–water partition coefficient (Wildman–Crippen LogP) is 9.32. The molecule has 6 rings (SSSR count). The molecule has 1 N–H and O–H groups in total. The summed E-state index contributed by atoms with van der Waals surface area (Å²) < 4.78 is 25.6. The summed E-state index contributed by atoms with van der Waals surface area (Å²) in [5.41, 5.74) is 3.23. The number of thiol groups is 1. The quantitative estimate of drug-likeness (QED) is 0.144. The minimum atomic E-state index is -0.302. The number of aromatic nitrogens is 2. The number of ether oxygens (including phenoxy) is 1. The molecule has 9 heteroatoms. The van der Waals surface area contributed by atoms with Crippen LogP contribution < -0.4 is 10.1 Å². The molecule has 1 aliphatic rings. The number of hydrogen-bond acceptors (Lipinski definition) is 7. The van der Waals surface area contributed by atoms with Gasteiger partial charge in [-0.1, -0.05) is 44.0 Å². The second-order valence-electron chi connectivity index (χ2n) is 10.2. The topological polar surface area (TPSA) is 63.4 Å². The van der Waals surface area contributed by atoms with Gasteiger partial charge in [0.25, 0.3) is 0 Å². The second kappa shape index (κ2) is 14.7. The normalized spacial score (nSPS) is 13.0. The van der Waals surface area contributed by atoms with Gasteiger partial charge in [0.05, 0.1) is 17.1 Å². The summed E-state index contributed by atoms with van der Waals surface area (Å²) in [6.45, 7) is 5.96. The Labute approximate surface area is 262 Å². The van der Waals surface area contributed by atoms with Crippen molar-refractivity contribution in [2.45, 2.75) is 52.3 Å². The third-order valence-corrected chi connectivity index (χ3v) is 7.89. The number of rotatable bonds is 11. The average Bonchev–Trinajstić information content (AvgIpc) is 3.46. The fraction of sp³-hybridized carbons (Fsp3) is 0.294. The predicted molar refractivity (Wildman–Crippen MR) is 176 cm³/mol. The first kappa shape index (κ1) is 30.9. The zero-order chi connectivity index (χ0) is 30.2. The van der Waals surface area contributed by atoms with E-state index in [0.717, 1.165) is 58.1 Å². The maximum absolute atomic E-state index is 13.5. The van der Waals surface area contributed by atoms with Crippen LogP contribution in [0.15, 0.2) is 83.5 Å². The minimum absolute atomic E-state index is 0.214. The van der Waals surface area contributed by atoms with Crippen LogP contribution in [0.4, 0.5) is 15.9 Å². The van der Waals surface area contributed by atoms with Crippen molar-refractivity contribution in [3.05, 3.63) is 101 Å². The van der Waals surface area contributed by atoms with Gasteiger partial charge in [0, 0.05) is 35.0 Å². The van der Waals surface area contributed by atoms with Gasteiger partial charge in [-0.2, -0.15) is 12.6 Å². The largest absolute Gasteiger partial charge is 0.487 e. The van der Waals surface area contributed by atoms with E-state index >= 15 is 0 Å². The van der Waals surface area contributed by atoms with Gasteiger partial charge >= 0.3 is 0 Å². The molecule has 0 aliphatic heterocycles. The zero-order valence-electron chi connectivity index (χ0n) is 24.4. The van der Waals surface area contributed by atoms with E-state index in [9.17, 15) is 4.39 Å². The van der Waals surface area contributed by atoms with E-state index in [0.29, 0.717) is 22.6 Å². The molecular formula is C34H36ClFN4O2S. The highest BCUT2D eigenvalue weighted by Gasteiger charge is 2.25. The lowest BCUT2D eigenvalue weighted by molar-refractivity contribution is 0.119. The highest BCUT2D eigenvalue weighted by Crippen LogP contribution is 2.33. The molecular weight excluding hydrogens is 583 g/mol. The van der Waals surface area contributed by atoms with Crippen LogP contribution in [-0.2, 0) is 13.2 Å². The molecule has 0 bridgehead atoms. The first-order valence-corrected chi connectivity index (χ1v) is 15.7. The number of nitrogens with zero attached hydrogens (tertiary/aromatic N) is 3. The van der Waals surface area contributed by atoms with Gasteiger partial charge in [-0.15, -0.1) is 0 Å². The van der Waals surface area contributed by atoms with E-state index in [1.807, 2.05) is 44.2 Å². The van der Waals surface area contributed by atoms with Crippen LogP contribution in [0, 0.1) is 5.82 Å². The SMILES string of the molecule is CC.Fc1cccc(COc2ccc(Nc3ncnc4ccc(-c5ccc(CN(CCS)C6CCC6)o5)cc34)cc2Cl)c1. The van der Waals surface area contributed by atoms with E-state index in [1.165, 1.54) is 37.7 Å². The monoisotopic (exact) mass is 618 g/mol. The Morgan fingerprint density at radius 3 is 2.65 bits per heavy atom. The van der Waals surface area contributed by atoms with Crippen LogP contribution in [0.25, 0.3) is 22.2 Å². The van der Waals surface area contributed by atoms with E-state index in [2.05, 4.69) is 38.9 Å². The van der Waals surface area contributed by atoms with Crippen molar-refractivity contribution < 1.29 is 13.5 Å². The van der Waals surface area contributed by atoms with Gasteiger partial charge in [0.15, 0.2) is 0 Å². The fourth-order valence-electron chi connectivity index (χ4n) is 5.02. The number of halogens is 2. The van der Waals surface area contributed by atoms with Gasteiger partial charge in [0.2, 0.25) is 0 Å². The maximum atomic E-state index is 13.5. The Morgan fingerprint density at radius 2 is 1.91 bits per heavy atom. The molecule has 224 valence electrons. The molecule has 1 saturated carbocycles. The van der Waals surface area contributed by atoms with Crippen LogP contribution in [0.3, 0.4) is 0 Å². The van der Waals surface area contributed by atoms with Crippen LogP contribution in [0.1, 0.15) is 44.4 Å². The van der Waals surface area contributed by atoms with Crippen LogP contribution in [0.2, 0.25) is 5.02 Å². The maximum Gasteiger partial charge on any atom is 0.141 e. The lowest BCUT2D eigenvalue weighted by Crippen LogP contribution is -2.40. The van der Waals surface area contributed by atoms with E-state index in [4.69, 9.17) is 20.8 Å². The Kier molecular flexibility index (Phi) is 10.6. The highest BCUT2D eigenvalue weighted by molar-refractivity contribution is 7.80. The molecule has 0 spiro atoms. The van der Waals surface area contributed by atoms with Crippen molar-refractivity contribution >= 4 is 46.6 Å². The van der Waals surface area contributed by atoms with E-state index in [1.54, 1.807) is 24.3 Å². The molecule has 0 radical (unpaired) electrons. The minimum Gasteiger partial charge on any atom is -0.487 e. The molecule has 0 atom stereocenters. The summed E-state index contributed by atoms with van der Waals surface area (Å²) in [7, 11) is 0. The van der Waals surface area contributed by atoms with Crippen LogP contribution in [-0.4, -0.2) is 33.2 Å². The summed E-state index contributed by atoms with van der Waals surface area (Å²) in [6, 6.07) is 22.5. The molecule has 1 aliphatic carbocycles. The lowest BCUT2D eigenvalue weighted by Gasteiger charge is -2.36. The molecule has 5 aromatic rings. The van der Waals surface area contributed by atoms with Crippen LogP contribution in [0.5, 0.6) is 5.75 Å². The van der Waals surface area contributed by atoms with Gasteiger partial charge < -0.3 is 14.5 Å². The Bertz CT molecular complexity index is 1660. The summed E-state index contributed by atoms with van der Waals surface area (Å²) in [5.74, 6) is 3.45.